The predicted molar refractivity (Wildman–Crippen MR) is 117 cm³/mol. The first kappa shape index (κ1) is 21.8. The van der Waals surface area contributed by atoms with Crippen molar-refractivity contribution in [3.05, 3.63) is 54.1 Å². The second-order valence-electron chi connectivity index (χ2n) is 8.36. The van der Waals surface area contributed by atoms with Crippen LogP contribution in [0.5, 0.6) is 5.75 Å². The topological polar surface area (TPSA) is 9.23 Å². The fraction of sp³-hybridized carbons (Fsp3) is 0.538. The van der Waals surface area contributed by atoms with Crippen molar-refractivity contribution in [2.24, 2.45) is 5.92 Å². The van der Waals surface area contributed by atoms with E-state index in [1.807, 2.05) is 12.1 Å². The molecule has 3 rings (SSSR count). The Morgan fingerprint density at radius 1 is 0.793 bits per heavy atom. The van der Waals surface area contributed by atoms with Crippen LogP contribution in [0, 0.1) is 5.92 Å². The minimum absolute atomic E-state index is 0.400. The molecule has 0 heterocycles. The van der Waals surface area contributed by atoms with Crippen LogP contribution in [0.15, 0.2) is 48.5 Å². The Bertz CT molecular complexity index is 700. The van der Waals surface area contributed by atoms with Crippen LogP contribution in [0.4, 0.5) is 8.78 Å². The summed E-state index contributed by atoms with van der Waals surface area (Å²) in [6.07, 6.45) is 7.10. The molecule has 0 saturated heterocycles. The predicted octanol–water partition coefficient (Wildman–Crippen LogP) is 8.24. The molecule has 1 nitrogen and oxygen atoms in total. The third-order valence-corrected chi connectivity index (χ3v) is 6.21. The maximum absolute atomic E-state index is 12.8. The number of benzene rings is 2. The smallest absolute Gasteiger partial charge is 0.241 e. The lowest BCUT2D eigenvalue weighted by Gasteiger charge is -2.28. The molecule has 1 aliphatic carbocycles. The van der Waals surface area contributed by atoms with Gasteiger partial charge in [0.1, 0.15) is 5.75 Å². The summed E-state index contributed by atoms with van der Waals surface area (Å²) < 4.78 is 31.5. The van der Waals surface area contributed by atoms with Crippen LogP contribution in [0.25, 0.3) is 11.1 Å². The zero-order valence-corrected chi connectivity index (χ0v) is 17.6. The monoisotopic (exact) mass is 400 g/mol. The molecule has 1 aliphatic rings. The number of hydrogen-bond donors (Lipinski definition) is 0. The average molecular weight is 401 g/mol. The van der Waals surface area contributed by atoms with Crippen LogP contribution in [0.2, 0.25) is 0 Å². The highest BCUT2D eigenvalue weighted by molar-refractivity contribution is 5.64. The SMILES string of the molecule is CCCCCCCOc1ccc(-c2ccc(C3CCC(C(F)F)CC3)cc2)cc1. The zero-order chi connectivity index (χ0) is 20.5. The average Bonchev–Trinajstić information content (AvgIpc) is 2.77. The van der Waals surface area contributed by atoms with Crippen molar-refractivity contribution in [3.8, 4) is 16.9 Å². The van der Waals surface area contributed by atoms with E-state index in [9.17, 15) is 8.78 Å². The highest BCUT2D eigenvalue weighted by Crippen LogP contribution is 2.38. The number of unbranched alkanes of at least 4 members (excludes halogenated alkanes) is 4. The van der Waals surface area contributed by atoms with Gasteiger partial charge in [-0.3, -0.25) is 0 Å². The van der Waals surface area contributed by atoms with Crippen molar-refractivity contribution in [2.75, 3.05) is 6.61 Å². The molecular weight excluding hydrogens is 366 g/mol. The molecule has 1 fully saturated rings. The minimum atomic E-state index is -2.16. The summed E-state index contributed by atoms with van der Waals surface area (Å²) in [5.41, 5.74) is 3.64. The van der Waals surface area contributed by atoms with E-state index in [2.05, 4.69) is 43.3 Å². The fourth-order valence-electron chi connectivity index (χ4n) is 4.29. The quantitative estimate of drug-likeness (QED) is 0.365. The van der Waals surface area contributed by atoms with Gasteiger partial charge in [-0.15, -0.1) is 0 Å². The van der Waals surface area contributed by atoms with E-state index in [1.54, 1.807) is 0 Å². The highest BCUT2D eigenvalue weighted by Gasteiger charge is 2.27. The van der Waals surface area contributed by atoms with E-state index in [0.29, 0.717) is 18.8 Å². The summed E-state index contributed by atoms with van der Waals surface area (Å²) in [6.45, 7) is 3.01. The van der Waals surface area contributed by atoms with Gasteiger partial charge in [0, 0.05) is 5.92 Å². The molecule has 0 aromatic heterocycles. The van der Waals surface area contributed by atoms with Gasteiger partial charge in [-0.05, 0) is 66.8 Å². The van der Waals surface area contributed by atoms with E-state index in [0.717, 1.165) is 31.6 Å². The Morgan fingerprint density at radius 3 is 1.97 bits per heavy atom. The molecule has 158 valence electrons. The maximum atomic E-state index is 12.8. The van der Waals surface area contributed by atoms with E-state index in [1.165, 1.54) is 42.4 Å². The van der Waals surface area contributed by atoms with Gasteiger partial charge < -0.3 is 4.74 Å². The van der Waals surface area contributed by atoms with E-state index in [4.69, 9.17) is 4.74 Å². The summed E-state index contributed by atoms with van der Waals surface area (Å²) in [6, 6.07) is 16.9. The molecule has 0 atom stereocenters. The van der Waals surface area contributed by atoms with Gasteiger partial charge in [-0.1, -0.05) is 69.0 Å². The Balaban J connectivity index is 1.48. The van der Waals surface area contributed by atoms with Gasteiger partial charge in [0.15, 0.2) is 0 Å². The fourth-order valence-corrected chi connectivity index (χ4v) is 4.29. The third kappa shape index (κ3) is 6.55. The number of hydrogen-bond acceptors (Lipinski definition) is 1. The van der Waals surface area contributed by atoms with E-state index >= 15 is 0 Å². The van der Waals surface area contributed by atoms with Crippen molar-refractivity contribution >= 4 is 0 Å². The molecule has 29 heavy (non-hydrogen) atoms. The first-order valence-electron chi connectivity index (χ1n) is 11.3. The summed E-state index contributed by atoms with van der Waals surface area (Å²) >= 11 is 0. The largest absolute Gasteiger partial charge is 0.494 e. The molecule has 3 heteroatoms. The summed E-state index contributed by atoms with van der Waals surface area (Å²) in [5, 5.41) is 0. The lowest BCUT2D eigenvalue weighted by atomic mass is 9.78. The Hall–Kier alpha value is -1.90. The number of alkyl halides is 2. The third-order valence-electron chi connectivity index (χ3n) is 6.21. The molecular formula is C26H34F2O. The molecule has 0 unspecified atom stereocenters. The van der Waals surface area contributed by atoms with Crippen LogP contribution < -0.4 is 4.74 Å². The molecule has 0 aliphatic heterocycles. The van der Waals surface area contributed by atoms with Crippen LogP contribution in [-0.2, 0) is 0 Å². The molecule has 2 aromatic rings. The van der Waals surface area contributed by atoms with E-state index < -0.39 is 12.3 Å². The number of halogens is 2. The van der Waals surface area contributed by atoms with Gasteiger partial charge in [0.2, 0.25) is 6.43 Å². The molecule has 0 amide bonds. The molecule has 2 aromatic carbocycles. The van der Waals surface area contributed by atoms with Gasteiger partial charge in [-0.25, -0.2) is 8.78 Å². The van der Waals surface area contributed by atoms with Crippen LogP contribution in [0.3, 0.4) is 0 Å². The highest BCUT2D eigenvalue weighted by atomic mass is 19.3. The van der Waals surface area contributed by atoms with E-state index in [-0.39, 0.29) is 0 Å². The van der Waals surface area contributed by atoms with Gasteiger partial charge in [0.05, 0.1) is 6.61 Å². The zero-order valence-electron chi connectivity index (χ0n) is 17.6. The second kappa shape index (κ2) is 11.3. The molecule has 1 saturated carbocycles. The number of rotatable bonds is 10. The summed E-state index contributed by atoms with van der Waals surface area (Å²) in [5.74, 6) is 0.950. The van der Waals surface area contributed by atoms with Crippen molar-refractivity contribution in [2.45, 2.75) is 77.1 Å². The maximum Gasteiger partial charge on any atom is 0.241 e. The van der Waals surface area contributed by atoms with Crippen LogP contribution >= 0.6 is 0 Å². The second-order valence-corrected chi connectivity index (χ2v) is 8.36. The molecule has 0 spiro atoms. The van der Waals surface area contributed by atoms with Gasteiger partial charge in [-0.2, -0.15) is 0 Å². The first-order valence-corrected chi connectivity index (χ1v) is 11.3. The van der Waals surface area contributed by atoms with Crippen molar-refractivity contribution in [1.82, 2.24) is 0 Å². The van der Waals surface area contributed by atoms with Crippen molar-refractivity contribution < 1.29 is 13.5 Å². The lowest BCUT2D eigenvalue weighted by molar-refractivity contribution is 0.0528. The molecule has 0 N–H and O–H groups in total. The minimum Gasteiger partial charge on any atom is -0.494 e. The Labute approximate surface area is 174 Å². The van der Waals surface area contributed by atoms with Gasteiger partial charge in [0.25, 0.3) is 0 Å². The first-order chi connectivity index (χ1) is 14.2. The van der Waals surface area contributed by atoms with Crippen LogP contribution in [-0.4, -0.2) is 13.0 Å². The standard InChI is InChI=1S/C26H34F2O/c1-2-3-4-5-6-19-29-25-17-15-23(16-18-25)21-9-7-20(8-10-21)22-11-13-24(14-12-22)26(27)28/h7-10,15-18,22,24,26H,2-6,11-14,19H2,1H3. The normalized spacial score (nSPS) is 19.4. The van der Waals surface area contributed by atoms with Crippen LogP contribution in [0.1, 0.15) is 76.2 Å². The van der Waals surface area contributed by atoms with Crippen molar-refractivity contribution in [1.29, 1.82) is 0 Å². The molecule has 0 bridgehead atoms. The Morgan fingerprint density at radius 2 is 1.38 bits per heavy atom. The van der Waals surface area contributed by atoms with Crippen molar-refractivity contribution in [3.63, 3.8) is 0 Å². The lowest BCUT2D eigenvalue weighted by Crippen LogP contribution is -2.19. The Kier molecular flexibility index (Phi) is 8.52. The summed E-state index contributed by atoms with van der Waals surface area (Å²) in [7, 11) is 0. The summed E-state index contributed by atoms with van der Waals surface area (Å²) in [4.78, 5) is 0. The van der Waals surface area contributed by atoms with Gasteiger partial charge >= 0.3 is 0 Å². The number of ether oxygens (including phenoxy) is 1. The molecule has 0 radical (unpaired) electrons.